The quantitative estimate of drug-likeness (QED) is 0.392. The summed E-state index contributed by atoms with van der Waals surface area (Å²) in [6.07, 6.45) is 12.0. The summed E-state index contributed by atoms with van der Waals surface area (Å²) in [7, 11) is 4.67. The van der Waals surface area contributed by atoms with Crippen LogP contribution in [0.2, 0.25) is 0 Å². The minimum atomic E-state index is 0. The zero-order valence-electron chi connectivity index (χ0n) is 13.5. The molecule has 22 heavy (non-hydrogen) atoms. The van der Waals surface area contributed by atoms with Crippen LogP contribution in [0.4, 0.5) is 0 Å². The van der Waals surface area contributed by atoms with Crippen molar-refractivity contribution in [3.63, 3.8) is 0 Å². The van der Waals surface area contributed by atoms with Crippen LogP contribution in [0.5, 0.6) is 0 Å². The maximum absolute atomic E-state index is 10.4. The van der Waals surface area contributed by atoms with Gasteiger partial charge in [0.05, 0.1) is 38.3 Å². The fourth-order valence-corrected chi connectivity index (χ4v) is 4.15. The second-order valence-corrected chi connectivity index (χ2v) is 6.99. The van der Waals surface area contributed by atoms with E-state index in [0.29, 0.717) is 12.1 Å². The van der Waals surface area contributed by atoms with Crippen LogP contribution in [-0.2, 0) is 9.59 Å². The van der Waals surface area contributed by atoms with Gasteiger partial charge in [-0.3, -0.25) is 0 Å². The highest BCUT2D eigenvalue weighted by Crippen LogP contribution is 2.35. The number of hydrogen-bond donors (Lipinski definition) is 0. The zero-order chi connectivity index (χ0) is 15.3. The molecule has 0 aromatic rings. The van der Waals surface area contributed by atoms with Gasteiger partial charge in [0.2, 0.25) is 12.2 Å². The van der Waals surface area contributed by atoms with Crippen molar-refractivity contribution in [1.82, 2.24) is 0 Å². The Balaban J connectivity index is 0.00000242. The molecule has 2 rings (SSSR count). The summed E-state index contributed by atoms with van der Waals surface area (Å²) in [4.78, 5) is 28.5. The van der Waals surface area contributed by atoms with Gasteiger partial charge in [-0.25, -0.2) is 19.6 Å². The lowest BCUT2D eigenvalue weighted by atomic mass is 9.84. The molecule has 124 valence electrons. The lowest BCUT2D eigenvalue weighted by molar-refractivity contribution is -0.941. The summed E-state index contributed by atoms with van der Waals surface area (Å²) >= 11 is 0. The van der Waals surface area contributed by atoms with Crippen molar-refractivity contribution in [3.05, 3.63) is 0 Å². The summed E-state index contributed by atoms with van der Waals surface area (Å²) < 4.78 is 1.05. The molecule has 5 nitrogen and oxygen atoms in total. The van der Waals surface area contributed by atoms with Crippen LogP contribution in [0.1, 0.15) is 51.4 Å². The lowest BCUT2D eigenvalue weighted by Gasteiger charge is -2.48. The van der Waals surface area contributed by atoms with Crippen LogP contribution in [0.3, 0.4) is 0 Å². The molecule has 6 heteroatoms. The molecule has 2 saturated carbocycles. The van der Waals surface area contributed by atoms with Crippen LogP contribution in [0, 0.1) is 0 Å². The highest BCUT2D eigenvalue weighted by Gasteiger charge is 2.40. The third kappa shape index (κ3) is 4.50. The van der Waals surface area contributed by atoms with Crippen LogP contribution >= 0.6 is 0 Å². The average Bonchev–Trinajstić information content (AvgIpc) is 2.49. The number of carbonyl (C=O) groups excluding carboxylic acids is 2. The molecular formula is C16H26ClN3O2. The first-order valence-electron chi connectivity index (χ1n) is 8.05. The number of quaternary nitrogens is 1. The van der Waals surface area contributed by atoms with E-state index >= 15 is 0 Å². The fourth-order valence-electron chi connectivity index (χ4n) is 4.15. The van der Waals surface area contributed by atoms with Gasteiger partial charge in [0.25, 0.3) is 0 Å². The van der Waals surface area contributed by atoms with Gasteiger partial charge in [0.15, 0.2) is 0 Å². The molecule has 0 aliphatic heterocycles. The lowest BCUT2D eigenvalue weighted by Crippen LogP contribution is -3.00. The maximum Gasteiger partial charge on any atom is 0.235 e. The average molecular weight is 328 g/mol. The normalized spacial score (nSPS) is 32.1. The number of hydrogen-bond acceptors (Lipinski definition) is 4. The Morgan fingerprint density at radius 2 is 1.05 bits per heavy atom. The molecule has 2 aliphatic rings. The third-order valence-electron chi connectivity index (χ3n) is 5.69. The van der Waals surface area contributed by atoms with E-state index in [4.69, 9.17) is 0 Å². The zero-order valence-corrected chi connectivity index (χ0v) is 14.3. The van der Waals surface area contributed by atoms with Crippen molar-refractivity contribution in [2.45, 2.75) is 75.5 Å². The second kappa shape index (κ2) is 8.59. The van der Waals surface area contributed by atoms with Crippen molar-refractivity contribution in [2.75, 3.05) is 14.1 Å². The first-order valence-corrected chi connectivity index (χ1v) is 8.05. The van der Waals surface area contributed by atoms with Crippen LogP contribution in [0.25, 0.3) is 0 Å². The van der Waals surface area contributed by atoms with Crippen LogP contribution in [0.15, 0.2) is 9.98 Å². The minimum absolute atomic E-state index is 0. The SMILES string of the molecule is C[N+](C)(C1CCC(N=C=O)CC1)C1CCC(N=C=O)CC1.[Cl-]. The second-order valence-electron chi connectivity index (χ2n) is 6.99. The van der Waals surface area contributed by atoms with Crippen molar-refractivity contribution in [3.8, 4) is 0 Å². The first kappa shape index (κ1) is 19.1. The molecule has 0 amide bonds. The molecule has 2 fully saturated rings. The molecule has 0 unspecified atom stereocenters. The number of rotatable bonds is 4. The van der Waals surface area contributed by atoms with Gasteiger partial charge in [0, 0.05) is 25.7 Å². The predicted octanol–water partition coefficient (Wildman–Crippen LogP) is -0.639. The van der Waals surface area contributed by atoms with Crippen LogP contribution in [-0.4, -0.2) is 54.9 Å². The molecule has 0 heterocycles. The molecular weight excluding hydrogens is 302 g/mol. The van der Waals surface area contributed by atoms with E-state index in [1.807, 2.05) is 0 Å². The van der Waals surface area contributed by atoms with E-state index in [1.54, 1.807) is 12.2 Å². The smallest absolute Gasteiger partial charge is 0.235 e. The molecule has 0 radical (unpaired) electrons. The number of isocyanates is 2. The predicted molar refractivity (Wildman–Crippen MR) is 80.4 cm³/mol. The molecule has 0 atom stereocenters. The fraction of sp³-hybridized carbons (Fsp3) is 0.875. The molecule has 0 N–H and O–H groups in total. The minimum Gasteiger partial charge on any atom is -1.00 e. The molecule has 0 aromatic carbocycles. The van der Waals surface area contributed by atoms with Gasteiger partial charge in [-0.1, -0.05) is 0 Å². The largest absolute Gasteiger partial charge is 1.00 e. The monoisotopic (exact) mass is 327 g/mol. The van der Waals surface area contributed by atoms with Gasteiger partial charge in [-0.05, 0) is 25.7 Å². The van der Waals surface area contributed by atoms with Gasteiger partial charge in [0.1, 0.15) is 0 Å². The van der Waals surface area contributed by atoms with Crippen molar-refractivity contribution in [1.29, 1.82) is 0 Å². The van der Waals surface area contributed by atoms with Crippen molar-refractivity contribution >= 4 is 12.2 Å². The van der Waals surface area contributed by atoms with Gasteiger partial charge in [-0.2, -0.15) is 0 Å². The number of nitrogens with zero attached hydrogens (tertiary/aromatic N) is 3. The van der Waals surface area contributed by atoms with E-state index in [1.165, 1.54) is 0 Å². The Kier molecular flexibility index (Phi) is 7.44. The number of halogens is 1. The van der Waals surface area contributed by atoms with E-state index in [0.717, 1.165) is 55.8 Å². The highest BCUT2D eigenvalue weighted by molar-refractivity contribution is 5.33. The Morgan fingerprint density at radius 1 is 0.727 bits per heavy atom. The summed E-state index contributed by atoms with van der Waals surface area (Å²) in [6.45, 7) is 0. The van der Waals surface area contributed by atoms with E-state index in [-0.39, 0.29) is 24.5 Å². The molecule has 0 bridgehead atoms. The standard InChI is InChI=1S/C16H26N3O2.ClH/c1-19(2,15-7-3-13(4-8-15)17-11-20)16-9-5-14(6-10-16)18-12-21;/h13-16H,3-10H2,1-2H3;1H/q+1;/p-1. The van der Waals surface area contributed by atoms with E-state index in [2.05, 4.69) is 24.1 Å². The van der Waals surface area contributed by atoms with Gasteiger partial charge < -0.3 is 16.9 Å². The van der Waals surface area contributed by atoms with Gasteiger partial charge in [-0.15, -0.1) is 0 Å². The van der Waals surface area contributed by atoms with E-state index in [9.17, 15) is 9.59 Å². The highest BCUT2D eigenvalue weighted by atomic mass is 35.5. The molecule has 0 saturated heterocycles. The molecule has 0 spiro atoms. The molecule has 2 aliphatic carbocycles. The Morgan fingerprint density at radius 3 is 1.32 bits per heavy atom. The topological polar surface area (TPSA) is 58.9 Å². The maximum atomic E-state index is 10.4. The number of aliphatic imine (C=N–C) groups is 2. The summed E-state index contributed by atoms with van der Waals surface area (Å²) in [5.41, 5.74) is 0. The molecule has 0 aromatic heterocycles. The summed E-state index contributed by atoms with van der Waals surface area (Å²) in [5, 5.41) is 0. The first-order chi connectivity index (χ1) is 10.1. The van der Waals surface area contributed by atoms with Crippen LogP contribution < -0.4 is 12.4 Å². The third-order valence-corrected chi connectivity index (χ3v) is 5.69. The summed E-state index contributed by atoms with van der Waals surface area (Å²) in [6, 6.07) is 1.69. The Bertz CT molecular complexity index is 400. The Labute approximate surface area is 138 Å². The summed E-state index contributed by atoms with van der Waals surface area (Å²) in [5.74, 6) is 0. The van der Waals surface area contributed by atoms with E-state index < -0.39 is 0 Å². The van der Waals surface area contributed by atoms with Gasteiger partial charge >= 0.3 is 0 Å². The Hall–Kier alpha value is -0.990. The van der Waals surface area contributed by atoms with Crippen molar-refractivity contribution < 1.29 is 26.5 Å². The van der Waals surface area contributed by atoms with Crippen molar-refractivity contribution in [2.24, 2.45) is 9.98 Å².